The third-order valence-electron chi connectivity index (χ3n) is 5.85. The SMILES string of the molecule is COc1cc(C(=O)N2CCN(S(C)(=O)=O)CC2(Cc2cscn2)C(=O)O)ccc1C(C)(C)C. The Morgan fingerprint density at radius 2 is 1.97 bits per heavy atom. The zero-order chi connectivity index (χ0) is 24.6. The number of carbonyl (C=O) groups is 2. The zero-order valence-electron chi connectivity index (χ0n) is 19.4. The van der Waals surface area contributed by atoms with E-state index in [2.05, 4.69) is 4.98 Å². The van der Waals surface area contributed by atoms with Crippen molar-refractivity contribution in [3.05, 3.63) is 45.9 Å². The number of carboxylic acids is 1. The summed E-state index contributed by atoms with van der Waals surface area (Å²) in [6, 6.07) is 5.08. The number of carbonyl (C=O) groups excluding carboxylic acids is 1. The number of nitrogens with zero attached hydrogens (tertiary/aromatic N) is 3. The highest BCUT2D eigenvalue weighted by atomic mass is 32.2. The first-order valence-corrected chi connectivity index (χ1v) is 13.1. The van der Waals surface area contributed by atoms with Crippen LogP contribution in [0.15, 0.2) is 29.1 Å². The molecule has 1 aliphatic rings. The van der Waals surface area contributed by atoms with Gasteiger partial charge in [-0.3, -0.25) is 4.79 Å². The standard InChI is InChI=1S/C22H29N3O6S2/c1-21(2,3)17-7-6-15(10-18(17)31-4)19(26)25-9-8-24(33(5,29)30)13-22(25,20(27)28)11-16-12-32-14-23-16/h6-7,10,12,14H,8-9,11,13H2,1-5H3,(H,27,28). The van der Waals surface area contributed by atoms with Crippen molar-refractivity contribution in [1.82, 2.24) is 14.2 Å². The van der Waals surface area contributed by atoms with E-state index in [0.717, 1.165) is 16.1 Å². The Kier molecular flexibility index (Phi) is 6.88. The first-order chi connectivity index (χ1) is 15.3. The van der Waals surface area contributed by atoms with Crippen molar-refractivity contribution >= 4 is 33.2 Å². The van der Waals surface area contributed by atoms with Crippen molar-refractivity contribution in [2.45, 2.75) is 38.1 Å². The second-order valence-electron chi connectivity index (χ2n) is 9.21. The number of aliphatic carboxylic acids is 1. The Labute approximate surface area is 198 Å². The largest absolute Gasteiger partial charge is 0.496 e. The molecule has 0 bridgehead atoms. The van der Waals surface area contributed by atoms with Crippen molar-refractivity contribution in [2.75, 3.05) is 33.0 Å². The van der Waals surface area contributed by atoms with Crippen LogP contribution in [0.2, 0.25) is 0 Å². The number of aromatic nitrogens is 1. The normalized spacial score (nSPS) is 20.0. The van der Waals surface area contributed by atoms with E-state index in [1.165, 1.54) is 23.3 Å². The summed E-state index contributed by atoms with van der Waals surface area (Å²) in [7, 11) is -2.14. The Balaban J connectivity index is 2.08. The Bertz CT molecular complexity index is 1140. The van der Waals surface area contributed by atoms with Gasteiger partial charge in [-0.15, -0.1) is 11.3 Å². The van der Waals surface area contributed by atoms with Gasteiger partial charge >= 0.3 is 5.97 Å². The Morgan fingerprint density at radius 1 is 1.27 bits per heavy atom. The summed E-state index contributed by atoms with van der Waals surface area (Å²) in [4.78, 5) is 31.8. The molecular formula is C22H29N3O6S2. The summed E-state index contributed by atoms with van der Waals surface area (Å²) in [6.07, 6.45) is 0.927. The van der Waals surface area contributed by atoms with Crippen LogP contribution in [0.1, 0.15) is 42.4 Å². The molecule has 1 saturated heterocycles. The van der Waals surface area contributed by atoms with Gasteiger partial charge in [0.1, 0.15) is 5.75 Å². The number of rotatable bonds is 6. The van der Waals surface area contributed by atoms with Gasteiger partial charge in [0.05, 0.1) is 24.6 Å². The summed E-state index contributed by atoms with van der Waals surface area (Å²) < 4.78 is 31.1. The number of benzene rings is 1. The van der Waals surface area contributed by atoms with Crippen LogP contribution in [-0.4, -0.2) is 78.1 Å². The summed E-state index contributed by atoms with van der Waals surface area (Å²) in [5.41, 5.74) is 1.22. The fourth-order valence-corrected chi connectivity index (χ4v) is 5.51. The number of ether oxygens (including phenoxy) is 1. The minimum absolute atomic E-state index is 0.00782. The number of carboxylic acid groups (broad SMARTS) is 1. The number of thiazole rings is 1. The average molecular weight is 496 g/mol. The molecule has 0 spiro atoms. The number of amides is 1. The lowest BCUT2D eigenvalue weighted by Gasteiger charge is -2.47. The lowest BCUT2D eigenvalue weighted by atomic mass is 9.85. The number of hydrogen-bond donors (Lipinski definition) is 1. The van der Waals surface area contributed by atoms with Gasteiger partial charge in [-0.2, -0.15) is 4.31 Å². The summed E-state index contributed by atoms with van der Waals surface area (Å²) in [5, 5.41) is 12.0. The van der Waals surface area contributed by atoms with Crippen molar-refractivity contribution in [2.24, 2.45) is 0 Å². The van der Waals surface area contributed by atoms with E-state index in [1.54, 1.807) is 23.0 Å². The van der Waals surface area contributed by atoms with Crippen LogP contribution in [0, 0.1) is 0 Å². The summed E-state index contributed by atoms with van der Waals surface area (Å²) in [6.45, 7) is 5.67. The third kappa shape index (κ3) is 5.04. The van der Waals surface area contributed by atoms with E-state index in [9.17, 15) is 23.1 Å². The van der Waals surface area contributed by atoms with Gasteiger partial charge in [0.25, 0.3) is 5.91 Å². The van der Waals surface area contributed by atoms with Crippen molar-refractivity contribution in [1.29, 1.82) is 0 Å². The van der Waals surface area contributed by atoms with Crippen molar-refractivity contribution in [3.63, 3.8) is 0 Å². The maximum atomic E-state index is 13.7. The Morgan fingerprint density at radius 3 is 2.48 bits per heavy atom. The van der Waals surface area contributed by atoms with Crippen LogP contribution in [0.3, 0.4) is 0 Å². The molecule has 1 unspecified atom stereocenters. The molecule has 1 N–H and O–H groups in total. The zero-order valence-corrected chi connectivity index (χ0v) is 21.0. The minimum Gasteiger partial charge on any atom is -0.496 e. The number of methoxy groups -OCH3 is 1. The van der Waals surface area contributed by atoms with Gasteiger partial charge < -0.3 is 14.7 Å². The third-order valence-corrected chi connectivity index (χ3v) is 7.74. The highest BCUT2D eigenvalue weighted by Crippen LogP contribution is 2.34. The van der Waals surface area contributed by atoms with Crippen LogP contribution in [0.25, 0.3) is 0 Å². The predicted octanol–water partition coefficient (Wildman–Crippen LogP) is 2.23. The number of hydrogen-bond acceptors (Lipinski definition) is 7. The van der Waals surface area contributed by atoms with Crippen molar-refractivity contribution < 1.29 is 27.9 Å². The highest BCUT2D eigenvalue weighted by Gasteiger charge is 2.52. The van der Waals surface area contributed by atoms with E-state index in [0.29, 0.717) is 11.4 Å². The molecule has 33 heavy (non-hydrogen) atoms. The molecule has 9 nitrogen and oxygen atoms in total. The first-order valence-electron chi connectivity index (χ1n) is 10.4. The predicted molar refractivity (Wildman–Crippen MR) is 125 cm³/mol. The molecule has 1 aliphatic heterocycles. The van der Waals surface area contributed by atoms with Crippen LogP contribution >= 0.6 is 11.3 Å². The molecule has 1 fully saturated rings. The molecule has 3 rings (SSSR count). The minimum atomic E-state index is -3.66. The molecule has 2 heterocycles. The van der Waals surface area contributed by atoms with Gasteiger partial charge in [-0.1, -0.05) is 26.8 Å². The lowest BCUT2D eigenvalue weighted by molar-refractivity contribution is -0.152. The van der Waals surface area contributed by atoms with Crippen LogP contribution in [-0.2, 0) is 26.7 Å². The molecule has 11 heteroatoms. The van der Waals surface area contributed by atoms with Crippen LogP contribution < -0.4 is 4.74 Å². The fraction of sp³-hybridized carbons (Fsp3) is 0.500. The van der Waals surface area contributed by atoms with E-state index in [4.69, 9.17) is 4.74 Å². The monoisotopic (exact) mass is 495 g/mol. The van der Waals surface area contributed by atoms with Gasteiger partial charge in [-0.05, 0) is 23.1 Å². The molecule has 0 saturated carbocycles. The second kappa shape index (κ2) is 9.03. The Hall–Kier alpha value is -2.50. The number of piperazine rings is 1. The highest BCUT2D eigenvalue weighted by molar-refractivity contribution is 7.88. The molecule has 0 radical (unpaired) electrons. The summed E-state index contributed by atoms with van der Waals surface area (Å²) in [5.74, 6) is -1.25. The molecule has 180 valence electrons. The molecule has 1 aromatic heterocycles. The molecule has 1 aromatic carbocycles. The van der Waals surface area contributed by atoms with E-state index in [-0.39, 0.29) is 37.0 Å². The van der Waals surface area contributed by atoms with E-state index >= 15 is 0 Å². The molecule has 1 atom stereocenters. The maximum absolute atomic E-state index is 13.7. The van der Waals surface area contributed by atoms with Gasteiger partial charge in [0, 0.05) is 37.0 Å². The van der Waals surface area contributed by atoms with Gasteiger partial charge in [0.2, 0.25) is 10.0 Å². The van der Waals surface area contributed by atoms with E-state index in [1.807, 2.05) is 26.8 Å². The molecule has 2 aromatic rings. The van der Waals surface area contributed by atoms with Crippen LogP contribution in [0.4, 0.5) is 0 Å². The van der Waals surface area contributed by atoms with Gasteiger partial charge in [0.15, 0.2) is 5.54 Å². The quantitative estimate of drug-likeness (QED) is 0.653. The van der Waals surface area contributed by atoms with Crippen LogP contribution in [0.5, 0.6) is 5.75 Å². The lowest BCUT2D eigenvalue weighted by Crippen LogP contribution is -2.69. The smallest absolute Gasteiger partial charge is 0.331 e. The van der Waals surface area contributed by atoms with Gasteiger partial charge in [-0.25, -0.2) is 18.2 Å². The maximum Gasteiger partial charge on any atom is 0.331 e. The number of sulfonamides is 1. The van der Waals surface area contributed by atoms with E-state index < -0.39 is 27.4 Å². The fourth-order valence-electron chi connectivity index (χ4n) is 4.09. The topological polar surface area (TPSA) is 117 Å². The summed E-state index contributed by atoms with van der Waals surface area (Å²) >= 11 is 1.30. The average Bonchev–Trinajstić information content (AvgIpc) is 3.24. The first kappa shape index (κ1) is 25.1. The molecular weight excluding hydrogens is 466 g/mol. The molecule has 0 aliphatic carbocycles. The molecule has 1 amide bonds. The van der Waals surface area contributed by atoms with Crippen molar-refractivity contribution in [3.8, 4) is 5.75 Å². The second-order valence-corrected chi connectivity index (χ2v) is 11.9.